The number of carbonyl (C=O) groups is 1. The number of hydrogen-bond donors (Lipinski definition) is 0. The van der Waals surface area contributed by atoms with Crippen LogP contribution in [0.25, 0.3) is 0 Å². The Balaban J connectivity index is 3.34. The van der Waals surface area contributed by atoms with Crippen LogP contribution < -0.4 is 0 Å². The van der Waals surface area contributed by atoms with E-state index in [2.05, 4.69) is 0 Å². The van der Waals surface area contributed by atoms with Crippen LogP contribution in [0.4, 0.5) is 13.2 Å². The van der Waals surface area contributed by atoms with E-state index in [-0.39, 0.29) is 16.9 Å². The van der Waals surface area contributed by atoms with Crippen molar-refractivity contribution in [3.8, 4) is 0 Å². The first-order valence-corrected chi connectivity index (χ1v) is 9.18. The third kappa shape index (κ3) is 5.21. The third-order valence-electron chi connectivity index (χ3n) is 3.45. The van der Waals surface area contributed by atoms with Crippen LogP contribution in [0, 0.1) is 6.92 Å². The molecule has 8 heteroatoms. The molecule has 0 fully saturated rings. The highest BCUT2D eigenvalue weighted by atomic mass is 35.5. The van der Waals surface area contributed by atoms with Gasteiger partial charge in [0.15, 0.2) is 9.84 Å². The van der Waals surface area contributed by atoms with E-state index in [0.717, 1.165) is 18.9 Å². The van der Waals surface area contributed by atoms with Gasteiger partial charge in [0.1, 0.15) is 0 Å². The standard InChI is InChI=1S/C15H18ClF3O3S/c1-3-4-5-6-7-23(21,22)13-8-10(2)11(14(16)20)9-12(13)15(17,18)19/h8-9H,3-7H2,1-2H3. The zero-order valence-electron chi connectivity index (χ0n) is 12.8. The molecule has 0 heterocycles. The number of carbonyl (C=O) groups excluding carboxylic acids is 1. The molecule has 0 aliphatic rings. The summed E-state index contributed by atoms with van der Waals surface area (Å²) >= 11 is 5.26. The number of benzene rings is 1. The number of rotatable bonds is 7. The summed E-state index contributed by atoms with van der Waals surface area (Å²) in [5.41, 5.74) is -1.59. The Labute approximate surface area is 138 Å². The van der Waals surface area contributed by atoms with Crippen LogP contribution in [-0.2, 0) is 16.0 Å². The number of alkyl halides is 3. The van der Waals surface area contributed by atoms with E-state index in [0.29, 0.717) is 18.9 Å². The normalized spacial score (nSPS) is 12.4. The van der Waals surface area contributed by atoms with Gasteiger partial charge < -0.3 is 0 Å². The van der Waals surface area contributed by atoms with Crippen LogP contribution in [0.2, 0.25) is 0 Å². The lowest BCUT2D eigenvalue weighted by Gasteiger charge is -2.16. The molecule has 0 aliphatic carbocycles. The van der Waals surface area contributed by atoms with Crippen LogP contribution in [0.3, 0.4) is 0 Å². The van der Waals surface area contributed by atoms with E-state index in [4.69, 9.17) is 11.6 Å². The van der Waals surface area contributed by atoms with Crippen LogP contribution in [0.5, 0.6) is 0 Å². The average molecular weight is 371 g/mol. The lowest BCUT2D eigenvalue weighted by molar-refractivity contribution is -0.139. The topological polar surface area (TPSA) is 51.2 Å². The van der Waals surface area contributed by atoms with E-state index < -0.39 is 31.7 Å². The number of unbranched alkanes of at least 4 members (excludes halogenated alkanes) is 3. The number of aryl methyl sites for hydroxylation is 1. The van der Waals surface area contributed by atoms with Crippen molar-refractivity contribution in [3.05, 3.63) is 28.8 Å². The van der Waals surface area contributed by atoms with Gasteiger partial charge in [0.2, 0.25) is 0 Å². The van der Waals surface area contributed by atoms with Gasteiger partial charge in [-0.2, -0.15) is 13.2 Å². The van der Waals surface area contributed by atoms with Crippen molar-refractivity contribution in [2.24, 2.45) is 0 Å². The minimum absolute atomic E-state index is 0.102. The van der Waals surface area contributed by atoms with Gasteiger partial charge in [-0.05, 0) is 42.6 Å². The highest BCUT2D eigenvalue weighted by Gasteiger charge is 2.38. The van der Waals surface area contributed by atoms with E-state index in [1.54, 1.807) is 0 Å². The lowest BCUT2D eigenvalue weighted by atomic mass is 10.1. The molecule has 0 atom stereocenters. The van der Waals surface area contributed by atoms with Gasteiger partial charge in [0.05, 0.1) is 16.2 Å². The summed E-state index contributed by atoms with van der Waals surface area (Å²) < 4.78 is 64.1. The summed E-state index contributed by atoms with van der Waals surface area (Å²) in [4.78, 5) is 10.4. The molecule has 0 radical (unpaired) electrons. The molecule has 0 N–H and O–H groups in total. The van der Waals surface area contributed by atoms with E-state index in [1.165, 1.54) is 6.92 Å². The van der Waals surface area contributed by atoms with Crippen molar-refractivity contribution >= 4 is 26.7 Å². The maximum Gasteiger partial charge on any atom is 0.417 e. The first-order chi connectivity index (χ1) is 10.5. The van der Waals surface area contributed by atoms with Crippen LogP contribution >= 0.6 is 11.6 Å². The van der Waals surface area contributed by atoms with E-state index in [1.807, 2.05) is 6.92 Å². The molecular formula is C15H18ClF3O3S. The van der Waals surface area contributed by atoms with Crippen molar-refractivity contribution in [2.45, 2.75) is 50.6 Å². The Morgan fingerprint density at radius 3 is 2.26 bits per heavy atom. The van der Waals surface area contributed by atoms with Crippen molar-refractivity contribution in [3.63, 3.8) is 0 Å². The SMILES string of the molecule is CCCCCCS(=O)(=O)c1cc(C)c(C(=O)Cl)cc1C(F)(F)F. The molecule has 0 spiro atoms. The molecule has 0 bridgehead atoms. The van der Waals surface area contributed by atoms with Crippen molar-refractivity contribution in [1.82, 2.24) is 0 Å². The Morgan fingerprint density at radius 1 is 1.17 bits per heavy atom. The monoisotopic (exact) mass is 370 g/mol. The highest BCUT2D eigenvalue weighted by Crippen LogP contribution is 2.37. The second-order valence-electron chi connectivity index (χ2n) is 5.31. The van der Waals surface area contributed by atoms with Gasteiger partial charge in [-0.15, -0.1) is 0 Å². The predicted octanol–water partition coefficient (Wildman–Crippen LogP) is 4.75. The molecule has 1 rings (SSSR count). The van der Waals surface area contributed by atoms with Gasteiger partial charge in [0, 0.05) is 5.56 Å². The lowest BCUT2D eigenvalue weighted by Crippen LogP contribution is -2.17. The molecule has 0 saturated carbocycles. The van der Waals surface area contributed by atoms with Crippen LogP contribution in [0.15, 0.2) is 17.0 Å². The first kappa shape index (κ1) is 20.0. The summed E-state index contributed by atoms with van der Waals surface area (Å²) in [6.07, 6.45) is -2.25. The Kier molecular flexibility index (Phi) is 6.65. The maximum absolute atomic E-state index is 13.2. The molecule has 3 nitrogen and oxygen atoms in total. The highest BCUT2D eigenvalue weighted by molar-refractivity contribution is 7.91. The van der Waals surface area contributed by atoms with Crippen molar-refractivity contribution < 1.29 is 26.4 Å². The Morgan fingerprint density at radius 2 is 1.78 bits per heavy atom. The second-order valence-corrected chi connectivity index (χ2v) is 7.74. The Hall–Kier alpha value is -1.08. The fourth-order valence-electron chi connectivity index (χ4n) is 2.20. The summed E-state index contributed by atoms with van der Waals surface area (Å²) in [5.74, 6) is -0.357. The fourth-order valence-corrected chi connectivity index (χ4v) is 4.07. The summed E-state index contributed by atoms with van der Waals surface area (Å²) in [7, 11) is -4.09. The van der Waals surface area contributed by atoms with Gasteiger partial charge in [-0.3, -0.25) is 4.79 Å². The number of hydrogen-bond acceptors (Lipinski definition) is 3. The maximum atomic E-state index is 13.2. The molecular weight excluding hydrogens is 353 g/mol. The molecule has 0 saturated heterocycles. The Bertz CT molecular complexity index is 682. The molecule has 1 aromatic rings. The van der Waals surface area contributed by atoms with E-state index >= 15 is 0 Å². The minimum atomic E-state index is -4.89. The first-order valence-electron chi connectivity index (χ1n) is 7.15. The van der Waals surface area contributed by atoms with Crippen LogP contribution in [-0.4, -0.2) is 19.4 Å². The third-order valence-corrected chi connectivity index (χ3v) is 5.48. The van der Waals surface area contributed by atoms with Crippen molar-refractivity contribution in [2.75, 3.05) is 5.75 Å². The molecule has 130 valence electrons. The summed E-state index contributed by atoms with van der Waals surface area (Å²) in [5, 5.41) is -1.06. The summed E-state index contributed by atoms with van der Waals surface area (Å²) in [6.45, 7) is 3.30. The zero-order chi connectivity index (χ0) is 17.8. The summed E-state index contributed by atoms with van der Waals surface area (Å²) in [6, 6.07) is 1.40. The van der Waals surface area contributed by atoms with Gasteiger partial charge in [0.25, 0.3) is 5.24 Å². The second kappa shape index (κ2) is 7.66. The zero-order valence-corrected chi connectivity index (χ0v) is 14.4. The molecule has 0 amide bonds. The fraction of sp³-hybridized carbons (Fsp3) is 0.533. The number of halogens is 4. The van der Waals surface area contributed by atoms with E-state index in [9.17, 15) is 26.4 Å². The molecule has 1 aromatic carbocycles. The van der Waals surface area contributed by atoms with Gasteiger partial charge >= 0.3 is 6.18 Å². The average Bonchev–Trinajstić information content (AvgIpc) is 2.41. The molecule has 0 aromatic heterocycles. The number of sulfone groups is 1. The van der Waals surface area contributed by atoms with Crippen LogP contribution in [0.1, 0.15) is 54.1 Å². The minimum Gasteiger partial charge on any atom is -0.276 e. The largest absolute Gasteiger partial charge is 0.417 e. The predicted molar refractivity (Wildman–Crippen MR) is 82.6 cm³/mol. The molecule has 23 heavy (non-hydrogen) atoms. The molecule has 0 aliphatic heterocycles. The van der Waals surface area contributed by atoms with Gasteiger partial charge in [-0.1, -0.05) is 26.2 Å². The van der Waals surface area contributed by atoms with Gasteiger partial charge in [-0.25, -0.2) is 8.42 Å². The van der Waals surface area contributed by atoms with Crippen molar-refractivity contribution in [1.29, 1.82) is 0 Å². The smallest absolute Gasteiger partial charge is 0.276 e. The quantitative estimate of drug-likeness (QED) is 0.514. The molecule has 0 unspecified atom stereocenters.